The van der Waals surface area contributed by atoms with Gasteiger partial charge in [-0.15, -0.1) is 0 Å². The molecule has 2 unspecified atom stereocenters. The van der Waals surface area contributed by atoms with Gasteiger partial charge in [0, 0.05) is 10.4 Å². The van der Waals surface area contributed by atoms with Crippen molar-refractivity contribution in [1.29, 1.82) is 0 Å². The Morgan fingerprint density at radius 2 is 2.28 bits per heavy atom. The van der Waals surface area contributed by atoms with Crippen molar-refractivity contribution in [2.45, 2.75) is 38.5 Å². The molecule has 18 heavy (non-hydrogen) atoms. The van der Waals surface area contributed by atoms with Crippen LogP contribution in [0.25, 0.3) is 0 Å². The lowest BCUT2D eigenvalue weighted by Crippen LogP contribution is -2.24. The van der Waals surface area contributed by atoms with Crippen molar-refractivity contribution in [2.24, 2.45) is 11.8 Å². The van der Waals surface area contributed by atoms with Crippen LogP contribution in [-0.2, 0) is 11.8 Å². The Balaban J connectivity index is 1.67. The van der Waals surface area contributed by atoms with Gasteiger partial charge in [-0.2, -0.15) is 0 Å². The molecule has 2 heteroatoms. The van der Waals surface area contributed by atoms with Crippen molar-refractivity contribution in [3.63, 3.8) is 0 Å². The summed E-state index contributed by atoms with van der Waals surface area (Å²) in [5.41, 5.74) is 3.58. The maximum Gasteiger partial charge on any atom is 0.0408 e. The maximum absolute atomic E-state index is 6.08. The fourth-order valence-electron chi connectivity index (χ4n) is 3.58. The highest BCUT2D eigenvalue weighted by atomic mass is 35.5. The highest BCUT2D eigenvalue weighted by Crippen LogP contribution is 2.61. The minimum Gasteiger partial charge on any atom is -0.316 e. The molecule has 1 aromatic rings. The van der Waals surface area contributed by atoms with Crippen LogP contribution in [0.1, 0.15) is 37.8 Å². The Labute approximate surface area is 115 Å². The Bertz CT molecular complexity index is 454. The second-order valence-electron chi connectivity index (χ2n) is 6.41. The molecule has 1 aromatic carbocycles. The van der Waals surface area contributed by atoms with E-state index in [1.807, 2.05) is 0 Å². The molecule has 0 aromatic heterocycles. The zero-order valence-corrected chi connectivity index (χ0v) is 12.1. The van der Waals surface area contributed by atoms with Crippen LogP contribution in [0, 0.1) is 11.8 Å². The van der Waals surface area contributed by atoms with E-state index in [-0.39, 0.29) is 0 Å². The van der Waals surface area contributed by atoms with Crippen LogP contribution in [0.5, 0.6) is 0 Å². The second-order valence-corrected chi connectivity index (χ2v) is 6.85. The molecule has 0 heterocycles. The number of aryl methyl sites for hydroxylation is 1. The normalized spacial score (nSPS) is 29.0. The van der Waals surface area contributed by atoms with Crippen LogP contribution in [0.3, 0.4) is 0 Å². The Morgan fingerprint density at radius 1 is 1.44 bits per heavy atom. The topological polar surface area (TPSA) is 12.0 Å². The molecule has 0 amide bonds. The van der Waals surface area contributed by atoms with Gasteiger partial charge in [-0.25, -0.2) is 0 Å². The number of nitrogens with one attached hydrogen (secondary N) is 1. The predicted octanol–water partition coefficient (Wildman–Crippen LogP) is 3.79. The summed E-state index contributed by atoms with van der Waals surface area (Å²) in [7, 11) is 0. The Kier molecular flexibility index (Phi) is 3.15. The van der Waals surface area contributed by atoms with Gasteiger partial charge in [0.25, 0.3) is 0 Å². The van der Waals surface area contributed by atoms with Crippen LogP contribution in [-0.4, -0.2) is 13.1 Å². The van der Waals surface area contributed by atoms with Crippen LogP contribution < -0.4 is 5.32 Å². The number of fused-ring (bicyclic) bond motifs is 2. The van der Waals surface area contributed by atoms with Gasteiger partial charge in [-0.05, 0) is 67.4 Å². The summed E-state index contributed by atoms with van der Waals surface area (Å²) in [4.78, 5) is 0. The molecular weight excluding hydrogens is 242 g/mol. The lowest BCUT2D eigenvalue weighted by Gasteiger charge is -2.13. The first-order valence-corrected chi connectivity index (χ1v) is 7.49. The summed E-state index contributed by atoms with van der Waals surface area (Å²) in [6.07, 6.45) is 3.92. The molecule has 1 N–H and O–H groups in total. The van der Waals surface area contributed by atoms with E-state index in [4.69, 9.17) is 11.6 Å². The minimum absolute atomic E-state index is 0.504. The summed E-state index contributed by atoms with van der Waals surface area (Å²) < 4.78 is 0. The highest BCUT2D eigenvalue weighted by molar-refractivity contribution is 6.30. The van der Waals surface area contributed by atoms with Crippen molar-refractivity contribution in [1.82, 2.24) is 5.32 Å². The molecule has 2 atom stereocenters. The number of benzene rings is 1. The fourth-order valence-corrected chi connectivity index (χ4v) is 3.77. The van der Waals surface area contributed by atoms with Crippen molar-refractivity contribution in [3.05, 3.63) is 34.3 Å². The maximum atomic E-state index is 6.08. The zero-order chi connectivity index (χ0) is 12.8. The molecule has 2 aliphatic rings. The molecule has 0 saturated heterocycles. The van der Waals surface area contributed by atoms with Crippen molar-refractivity contribution >= 4 is 11.6 Å². The van der Waals surface area contributed by atoms with Crippen molar-refractivity contribution in [3.8, 4) is 0 Å². The lowest BCUT2D eigenvalue weighted by atomic mass is 9.95. The van der Waals surface area contributed by atoms with E-state index in [1.54, 1.807) is 5.56 Å². The van der Waals surface area contributed by atoms with Crippen LogP contribution in [0.15, 0.2) is 18.2 Å². The Morgan fingerprint density at radius 3 is 3.06 bits per heavy atom. The molecule has 98 valence electrons. The van der Waals surface area contributed by atoms with E-state index < -0.39 is 0 Å². The molecule has 1 saturated carbocycles. The van der Waals surface area contributed by atoms with Gasteiger partial charge in [0.1, 0.15) is 0 Å². The van der Waals surface area contributed by atoms with Crippen molar-refractivity contribution in [2.75, 3.05) is 13.1 Å². The van der Waals surface area contributed by atoms with E-state index >= 15 is 0 Å². The molecule has 3 rings (SSSR count). The first-order chi connectivity index (χ1) is 8.62. The molecule has 2 aliphatic carbocycles. The van der Waals surface area contributed by atoms with E-state index in [0.717, 1.165) is 23.4 Å². The summed E-state index contributed by atoms with van der Waals surface area (Å²) in [6.45, 7) is 6.85. The highest BCUT2D eigenvalue weighted by Gasteiger charge is 2.57. The monoisotopic (exact) mass is 263 g/mol. The standard InChI is InChI=1S/C16H22ClN/c1-11(2)9-18-10-13-8-16(13)6-5-12-7-14(17)3-4-15(12)16/h3-4,7,11,13,18H,5-6,8-10H2,1-2H3. The van der Waals surface area contributed by atoms with Gasteiger partial charge in [-0.3, -0.25) is 0 Å². The van der Waals surface area contributed by atoms with Gasteiger partial charge in [0.15, 0.2) is 0 Å². The molecule has 1 nitrogen and oxygen atoms in total. The van der Waals surface area contributed by atoms with Gasteiger partial charge < -0.3 is 5.32 Å². The third kappa shape index (κ3) is 2.08. The predicted molar refractivity (Wildman–Crippen MR) is 77.3 cm³/mol. The average molecular weight is 264 g/mol. The lowest BCUT2D eigenvalue weighted by molar-refractivity contribution is 0.503. The molecule has 0 aliphatic heterocycles. The van der Waals surface area contributed by atoms with Crippen molar-refractivity contribution < 1.29 is 0 Å². The van der Waals surface area contributed by atoms with Crippen LogP contribution in [0.2, 0.25) is 5.02 Å². The summed E-state index contributed by atoms with van der Waals surface area (Å²) in [6, 6.07) is 6.50. The number of halogens is 1. The van der Waals surface area contributed by atoms with E-state index in [9.17, 15) is 0 Å². The van der Waals surface area contributed by atoms with Gasteiger partial charge in [0.05, 0.1) is 0 Å². The summed E-state index contributed by atoms with van der Waals surface area (Å²) >= 11 is 6.08. The molecule has 0 radical (unpaired) electrons. The fraction of sp³-hybridized carbons (Fsp3) is 0.625. The van der Waals surface area contributed by atoms with Gasteiger partial charge in [0.2, 0.25) is 0 Å². The first-order valence-electron chi connectivity index (χ1n) is 7.11. The number of rotatable bonds is 4. The third-order valence-corrected chi connectivity index (χ3v) is 4.85. The Hall–Kier alpha value is -0.530. The smallest absolute Gasteiger partial charge is 0.0408 e. The van der Waals surface area contributed by atoms with E-state index in [2.05, 4.69) is 37.4 Å². The minimum atomic E-state index is 0.504. The quantitative estimate of drug-likeness (QED) is 0.872. The van der Waals surface area contributed by atoms with Crippen LogP contribution in [0.4, 0.5) is 0 Å². The molecule has 1 fully saturated rings. The summed E-state index contributed by atoms with van der Waals surface area (Å²) in [5.74, 6) is 1.59. The summed E-state index contributed by atoms with van der Waals surface area (Å²) in [5, 5.41) is 4.50. The number of hydrogen-bond donors (Lipinski definition) is 1. The molecular formula is C16H22ClN. The first kappa shape index (κ1) is 12.5. The van der Waals surface area contributed by atoms with E-state index in [0.29, 0.717) is 5.41 Å². The SMILES string of the molecule is CC(C)CNCC1CC12CCc1cc(Cl)ccc12. The van der Waals surface area contributed by atoms with Gasteiger partial charge in [-0.1, -0.05) is 31.5 Å². The van der Waals surface area contributed by atoms with Crippen LogP contribution >= 0.6 is 11.6 Å². The van der Waals surface area contributed by atoms with E-state index in [1.165, 1.54) is 31.4 Å². The molecule has 0 bridgehead atoms. The zero-order valence-electron chi connectivity index (χ0n) is 11.3. The average Bonchev–Trinajstić information content (AvgIpc) is 2.88. The third-order valence-electron chi connectivity index (χ3n) is 4.62. The van der Waals surface area contributed by atoms with Gasteiger partial charge >= 0.3 is 0 Å². The largest absolute Gasteiger partial charge is 0.316 e. The second kappa shape index (κ2) is 4.54. The number of hydrogen-bond acceptors (Lipinski definition) is 1. The molecule has 1 spiro atoms.